The number of fused-ring (bicyclic) bond motifs is 1. The SMILES string of the molecule is CC(C)c1noc(N2CCC(Oc3ncnc4c(-c5ccc(S(C)(=O)=O)cc5F)csc34)CC2)n1. The summed E-state index contributed by atoms with van der Waals surface area (Å²) in [5.74, 6) is 0.730. The summed E-state index contributed by atoms with van der Waals surface area (Å²) in [6.07, 6.45) is 3.91. The first kappa shape index (κ1) is 23.6. The molecule has 1 fully saturated rings. The number of thiophene rings is 1. The normalized spacial score (nSPS) is 15.3. The molecule has 3 aromatic heterocycles. The fourth-order valence-corrected chi connectivity index (χ4v) is 5.54. The Morgan fingerprint density at radius 2 is 1.97 bits per heavy atom. The molecule has 5 rings (SSSR count). The number of aromatic nitrogens is 4. The van der Waals surface area contributed by atoms with Gasteiger partial charge in [0, 0.05) is 54.6 Å². The van der Waals surface area contributed by atoms with Gasteiger partial charge in [-0.25, -0.2) is 22.8 Å². The molecule has 0 spiro atoms. The summed E-state index contributed by atoms with van der Waals surface area (Å²) in [7, 11) is -3.50. The number of sulfone groups is 1. The molecule has 12 heteroatoms. The van der Waals surface area contributed by atoms with Crippen LogP contribution >= 0.6 is 11.3 Å². The van der Waals surface area contributed by atoms with E-state index in [4.69, 9.17) is 9.26 Å². The molecular weight excluding hydrogens is 493 g/mol. The quantitative estimate of drug-likeness (QED) is 0.366. The fourth-order valence-electron chi connectivity index (χ4n) is 3.96. The molecule has 0 radical (unpaired) electrons. The molecule has 0 unspecified atom stereocenters. The van der Waals surface area contributed by atoms with Gasteiger partial charge in [0.2, 0.25) is 5.88 Å². The van der Waals surface area contributed by atoms with Gasteiger partial charge in [-0.2, -0.15) is 4.98 Å². The molecule has 0 atom stereocenters. The highest BCUT2D eigenvalue weighted by Gasteiger charge is 2.26. The van der Waals surface area contributed by atoms with Crippen LogP contribution in [0.15, 0.2) is 39.3 Å². The van der Waals surface area contributed by atoms with Gasteiger partial charge in [-0.05, 0) is 12.1 Å². The van der Waals surface area contributed by atoms with Crippen LogP contribution in [0.3, 0.4) is 0 Å². The van der Waals surface area contributed by atoms with Crippen molar-refractivity contribution < 1.29 is 22.1 Å². The van der Waals surface area contributed by atoms with Crippen LogP contribution in [0.25, 0.3) is 21.3 Å². The first-order valence-corrected chi connectivity index (χ1v) is 13.9. The van der Waals surface area contributed by atoms with Gasteiger partial charge in [0.15, 0.2) is 15.7 Å². The van der Waals surface area contributed by atoms with Crippen molar-refractivity contribution in [1.82, 2.24) is 20.1 Å². The fraction of sp³-hybridized carbons (Fsp3) is 0.391. The van der Waals surface area contributed by atoms with E-state index in [0.29, 0.717) is 41.9 Å². The van der Waals surface area contributed by atoms with Crippen LogP contribution in [-0.2, 0) is 9.84 Å². The maximum atomic E-state index is 14.8. The molecule has 1 aromatic carbocycles. The van der Waals surface area contributed by atoms with E-state index >= 15 is 0 Å². The molecule has 0 bridgehead atoms. The summed E-state index contributed by atoms with van der Waals surface area (Å²) in [6, 6.07) is 4.43. The zero-order valence-corrected chi connectivity index (χ0v) is 21.1. The van der Waals surface area contributed by atoms with Gasteiger partial charge in [0.25, 0.3) is 0 Å². The molecule has 0 N–H and O–H groups in total. The summed E-state index contributed by atoms with van der Waals surface area (Å²) in [5.41, 5.74) is 1.42. The van der Waals surface area contributed by atoms with Crippen LogP contribution in [0.4, 0.5) is 10.4 Å². The van der Waals surface area contributed by atoms with E-state index in [-0.39, 0.29) is 22.5 Å². The molecule has 0 saturated carbocycles. The second-order valence-corrected chi connectivity index (χ2v) is 11.7. The molecular formula is C23H24FN5O4S2. The number of ether oxygens (including phenoxy) is 1. The number of halogens is 1. The zero-order chi connectivity index (χ0) is 24.7. The van der Waals surface area contributed by atoms with E-state index in [0.717, 1.165) is 29.9 Å². The third-order valence-electron chi connectivity index (χ3n) is 5.92. The molecule has 35 heavy (non-hydrogen) atoms. The number of piperidine rings is 1. The number of benzene rings is 1. The molecule has 4 heterocycles. The Morgan fingerprint density at radius 1 is 1.20 bits per heavy atom. The Morgan fingerprint density at radius 3 is 2.63 bits per heavy atom. The van der Waals surface area contributed by atoms with Crippen molar-refractivity contribution in [2.45, 2.75) is 43.6 Å². The maximum Gasteiger partial charge on any atom is 0.324 e. The summed E-state index contributed by atoms with van der Waals surface area (Å²) >= 11 is 1.37. The minimum atomic E-state index is -3.50. The molecule has 4 aromatic rings. The van der Waals surface area contributed by atoms with Crippen LogP contribution < -0.4 is 9.64 Å². The summed E-state index contributed by atoms with van der Waals surface area (Å²) < 4.78 is 50.6. The van der Waals surface area contributed by atoms with E-state index in [9.17, 15) is 12.8 Å². The van der Waals surface area contributed by atoms with Crippen molar-refractivity contribution in [3.05, 3.63) is 41.5 Å². The summed E-state index contributed by atoms with van der Waals surface area (Å²) in [5, 5.41) is 5.82. The van der Waals surface area contributed by atoms with Gasteiger partial charge in [-0.1, -0.05) is 25.1 Å². The van der Waals surface area contributed by atoms with E-state index in [2.05, 4.69) is 25.0 Å². The van der Waals surface area contributed by atoms with Crippen molar-refractivity contribution >= 4 is 37.4 Å². The minimum Gasteiger partial charge on any atom is -0.473 e. The molecule has 0 amide bonds. The Bertz CT molecular complexity index is 1480. The van der Waals surface area contributed by atoms with Crippen molar-refractivity contribution in [3.8, 4) is 17.0 Å². The summed E-state index contributed by atoms with van der Waals surface area (Å²) in [6.45, 7) is 5.47. The van der Waals surface area contributed by atoms with E-state index in [1.807, 2.05) is 13.8 Å². The first-order valence-electron chi connectivity index (χ1n) is 11.2. The van der Waals surface area contributed by atoms with E-state index in [1.54, 1.807) is 5.38 Å². The van der Waals surface area contributed by atoms with Crippen LogP contribution in [0.5, 0.6) is 5.88 Å². The van der Waals surface area contributed by atoms with Crippen molar-refractivity contribution in [3.63, 3.8) is 0 Å². The standard InChI is InChI=1S/C23H24FN5O4S2/c1-13(2)21-27-23(33-28-21)29-8-6-14(7-9-29)32-22-20-19(25-12-26-22)17(11-34-20)16-5-4-15(10-18(16)24)35(3,30)31/h4-5,10-14H,6-9H2,1-3H3. The van der Waals surface area contributed by atoms with Crippen molar-refractivity contribution in [2.24, 2.45) is 0 Å². The molecule has 0 aliphatic carbocycles. The van der Waals surface area contributed by atoms with Gasteiger partial charge in [0.05, 0.1) is 10.4 Å². The van der Waals surface area contributed by atoms with Gasteiger partial charge in [-0.3, -0.25) is 0 Å². The zero-order valence-electron chi connectivity index (χ0n) is 19.4. The lowest BCUT2D eigenvalue weighted by Crippen LogP contribution is -2.38. The second kappa shape index (κ2) is 9.15. The molecule has 184 valence electrons. The van der Waals surface area contributed by atoms with Crippen molar-refractivity contribution in [2.75, 3.05) is 24.2 Å². The number of rotatable bonds is 6. The smallest absolute Gasteiger partial charge is 0.324 e. The van der Waals surface area contributed by atoms with Crippen molar-refractivity contribution in [1.29, 1.82) is 0 Å². The highest BCUT2D eigenvalue weighted by Crippen LogP contribution is 2.38. The van der Waals surface area contributed by atoms with E-state index < -0.39 is 15.7 Å². The second-order valence-electron chi connectivity index (χ2n) is 8.81. The topological polar surface area (TPSA) is 111 Å². The Balaban J connectivity index is 1.33. The Kier molecular flexibility index (Phi) is 6.18. The van der Waals surface area contributed by atoms with Gasteiger partial charge in [-0.15, -0.1) is 11.3 Å². The third-order valence-corrected chi connectivity index (χ3v) is 7.99. The lowest BCUT2D eigenvalue weighted by molar-refractivity contribution is 0.164. The highest BCUT2D eigenvalue weighted by atomic mass is 32.2. The third kappa shape index (κ3) is 4.72. The largest absolute Gasteiger partial charge is 0.473 e. The molecule has 1 saturated heterocycles. The minimum absolute atomic E-state index is 0.0480. The lowest BCUT2D eigenvalue weighted by Gasteiger charge is -2.30. The number of nitrogens with zero attached hydrogens (tertiary/aromatic N) is 5. The van der Waals surface area contributed by atoms with Crippen LogP contribution in [0.2, 0.25) is 0 Å². The Hall–Kier alpha value is -3.12. The summed E-state index contributed by atoms with van der Waals surface area (Å²) in [4.78, 5) is 15.1. The average molecular weight is 518 g/mol. The predicted molar refractivity (Wildman–Crippen MR) is 130 cm³/mol. The monoisotopic (exact) mass is 517 g/mol. The first-order chi connectivity index (χ1) is 16.7. The molecule has 1 aliphatic rings. The maximum absolute atomic E-state index is 14.8. The Labute approximate surface area is 205 Å². The number of anilines is 1. The van der Waals surface area contributed by atoms with Gasteiger partial charge < -0.3 is 14.2 Å². The number of hydrogen-bond acceptors (Lipinski definition) is 10. The van der Waals surface area contributed by atoms with Gasteiger partial charge in [0.1, 0.15) is 22.9 Å². The lowest BCUT2D eigenvalue weighted by atomic mass is 10.1. The predicted octanol–water partition coefficient (Wildman–Crippen LogP) is 4.46. The average Bonchev–Trinajstić information content (AvgIpc) is 3.47. The molecule has 1 aliphatic heterocycles. The van der Waals surface area contributed by atoms with E-state index in [1.165, 1.54) is 29.8 Å². The van der Waals surface area contributed by atoms with Crippen LogP contribution in [0.1, 0.15) is 38.4 Å². The number of hydrogen-bond donors (Lipinski definition) is 0. The van der Waals surface area contributed by atoms with Crippen LogP contribution in [0, 0.1) is 5.82 Å². The molecule has 9 nitrogen and oxygen atoms in total. The van der Waals surface area contributed by atoms with Crippen LogP contribution in [-0.4, -0.2) is 54.0 Å². The highest BCUT2D eigenvalue weighted by molar-refractivity contribution is 7.90. The van der Waals surface area contributed by atoms with Gasteiger partial charge >= 0.3 is 6.01 Å².